The lowest BCUT2D eigenvalue weighted by molar-refractivity contribution is -0.120. The van der Waals surface area contributed by atoms with Gasteiger partial charge in [-0.05, 0) is 37.0 Å². The molecule has 2 aromatic rings. The van der Waals surface area contributed by atoms with Crippen molar-refractivity contribution < 1.29 is 14.3 Å². The van der Waals surface area contributed by atoms with Gasteiger partial charge in [-0.2, -0.15) is 0 Å². The molecule has 1 aliphatic rings. The third-order valence-corrected chi connectivity index (χ3v) is 4.53. The molecule has 0 unspecified atom stereocenters. The number of hydrogen-bond donors (Lipinski definition) is 1. The van der Waals surface area contributed by atoms with E-state index in [0.717, 1.165) is 11.3 Å². The van der Waals surface area contributed by atoms with E-state index >= 15 is 0 Å². The molecule has 5 nitrogen and oxygen atoms in total. The number of amides is 1. The number of halogens is 1. The summed E-state index contributed by atoms with van der Waals surface area (Å²) < 4.78 is 10.5. The number of hydrogen-bond acceptors (Lipinski definition) is 5. The maximum absolute atomic E-state index is 11.8. The fourth-order valence-electron chi connectivity index (χ4n) is 2.05. The van der Waals surface area contributed by atoms with Crippen LogP contribution in [0.3, 0.4) is 0 Å². The van der Waals surface area contributed by atoms with Gasteiger partial charge in [0.05, 0.1) is 24.4 Å². The molecule has 0 spiro atoms. The van der Waals surface area contributed by atoms with Gasteiger partial charge in [-0.15, -0.1) is 11.3 Å². The minimum absolute atomic E-state index is 0.0692. The molecule has 0 saturated heterocycles. The van der Waals surface area contributed by atoms with Crippen LogP contribution in [0.1, 0.15) is 12.8 Å². The number of thiazole rings is 1. The molecule has 1 N–H and O–H groups in total. The standard InChI is InChI=1S/C16H17ClN2O3S/c1-21-14-5-4-11(6-12(14)17)13-9-23-16(18-13)19-15(20)8-22-7-10-2-3-10/h4-6,9-10H,2-3,7-8H2,1H3,(H,18,19,20). The number of ether oxygens (including phenoxy) is 2. The van der Waals surface area contributed by atoms with Crippen LogP contribution in [0, 0.1) is 5.92 Å². The van der Waals surface area contributed by atoms with Crippen LogP contribution in [0.25, 0.3) is 11.3 Å². The second kappa shape index (κ2) is 7.29. The normalized spacial score (nSPS) is 13.8. The summed E-state index contributed by atoms with van der Waals surface area (Å²) in [4.78, 5) is 16.2. The number of carbonyl (C=O) groups excluding carboxylic acids is 1. The lowest BCUT2D eigenvalue weighted by Crippen LogP contribution is -2.18. The highest BCUT2D eigenvalue weighted by molar-refractivity contribution is 7.14. The van der Waals surface area contributed by atoms with Gasteiger partial charge in [-0.1, -0.05) is 11.6 Å². The molecule has 1 heterocycles. The monoisotopic (exact) mass is 352 g/mol. The van der Waals surface area contributed by atoms with Gasteiger partial charge in [0.15, 0.2) is 5.13 Å². The van der Waals surface area contributed by atoms with Crippen LogP contribution in [0.2, 0.25) is 5.02 Å². The van der Waals surface area contributed by atoms with E-state index in [0.29, 0.717) is 28.4 Å². The quantitative estimate of drug-likeness (QED) is 0.822. The fourth-order valence-corrected chi connectivity index (χ4v) is 3.04. The van der Waals surface area contributed by atoms with Crippen LogP contribution in [-0.2, 0) is 9.53 Å². The van der Waals surface area contributed by atoms with E-state index in [4.69, 9.17) is 21.1 Å². The van der Waals surface area contributed by atoms with E-state index in [1.165, 1.54) is 24.2 Å². The van der Waals surface area contributed by atoms with Crippen molar-refractivity contribution >= 4 is 34.0 Å². The highest BCUT2D eigenvalue weighted by atomic mass is 35.5. The predicted molar refractivity (Wildman–Crippen MR) is 91.3 cm³/mol. The predicted octanol–water partition coefficient (Wildman–Crippen LogP) is 3.84. The highest BCUT2D eigenvalue weighted by Gasteiger charge is 2.21. The Morgan fingerprint density at radius 3 is 3.00 bits per heavy atom. The molecule has 0 atom stereocenters. The molecule has 0 aliphatic heterocycles. The Bertz CT molecular complexity index is 700. The van der Waals surface area contributed by atoms with E-state index in [2.05, 4.69) is 10.3 Å². The van der Waals surface area contributed by atoms with E-state index in [-0.39, 0.29) is 12.5 Å². The van der Waals surface area contributed by atoms with Crippen molar-refractivity contribution in [3.05, 3.63) is 28.6 Å². The van der Waals surface area contributed by atoms with Crippen LogP contribution in [0.15, 0.2) is 23.6 Å². The molecule has 1 aromatic heterocycles. The number of anilines is 1. The average molecular weight is 353 g/mol. The molecule has 1 aliphatic carbocycles. The van der Waals surface area contributed by atoms with Crippen molar-refractivity contribution in [1.29, 1.82) is 0 Å². The molecule has 23 heavy (non-hydrogen) atoms. The second-order valence-electron chi connectivity index (χ2n) is 5.39. The molecule has 0 radical (unpaired) electrons. The Balaban J connectivity index is 1.58. The van der Waals surface area contributed by atoms with Gasteiger partial charge in [0, 0.05) is 10.9 Å². The van der Waals surface area contributed by atoms with E-state index < -0.39 is 0 Å². The minimum atomic E-state index is -0.181. The molecular weight excluding hydrogens is 336 g/mol. The Morgan fingerprint density at radius 1 is 1.48 bits per heavy atom. The smallest absolute Gasteiger partial charge is 0.252 e. The van der Waals surface area contributed by atoms with Crippen molar-refractivity contribution in [1.82, 2.24) is 4.98 Å². The number of rotatable bonds is 7. The molecular formula is C16H17ClN2O3S. The van der Waals surface area contributed by atoms with Gasteiger partial charge in [0.1, 0.15) is 12.4 Å². The molecule has 1 aromatic carbocycles. The first-order valence-corrected chi connectivity index (χ1v) is 8.58. The SMILES string of the molecule is COc1ccc(-c2csc(NC(=O)COCC3CC3)n2)cc1Cl. The number of methoxy groups -OCH3 is 1. The van der Waals surface area contributed by atoms with Crippen molar-refractivity contribution in [2.45, 2.75) is 12.8 Å². The Morgan fingerprint density at radius 2 is 2.30 bits per heavy atom. The Hall–Kier alpha value is -1.63. The van der Waals surface area contributed by atoms with Crippen LogP contribution in [0.5, 0.6) is 5.75 Å². The minimum Gasteiger partial charge on any atom is -0.495 e. The average Bonchev–Trinajstić information content (AvgIpc) is 3.24. The van der Waals surface area contributed by atoms with E-state index in [1.807, 2.05) is 11.4 Å². The summed E-state index contributed by atoms with van der Waals surface area (Å²) in [7, 11) is 1.57. The Kier molecular flexibility index (Phi) is 5.15. The summed E-state index contributed by atoms with van der Waals surface area (Å²) in [5, 5.41) is 5.70. The summed E-state index contributed by atoms with van der Waals surface area (Å²) in [6.45, 7) is 0.737. The molecule has 3 rings (SSSR count). The van der Waals surface area contributed by atoms with Crippen LogP contribution in [0.4, 0.5) is 5.13 Å². The van der Waals surface area contributed by atoms with Gasteiger partial charge in [-0.3, -0.25) is 10.1 Å². The summed E-state index contributed by atoms with van der Waals surface area (Å²) in [5.41, 5.74) is 1.63. The van der Waals surface area contributed by atoms with E-state index in [9.17, 15) is 4.79 Å². The second-order valence-corrected chi connectivity index (χ2v) is 6.66. The van der Waals surface area contributed by atoms with Gasteiger partial charge < -0.3 is 9.47 Å². The maximum atomic E-state index is 11.8. The number of benzene rings is 1. The van der Waals surface area contributed by atoms with Gasteiger partial charge in [0.25, 0.3) is 5.91 Å². The zero-order chi connectivity index (χ0) is 16.2. The van der Waals surface area contributed by atoms with Crippen LogP contribution >= 0.6 is 22.9 Å². The third kappa shape index (κ3) is 4.43. The first-order valence-electron chi connectivity index (χ1n) is 7.32. The summed E-state index contributed by atoms with van der Waals surface area (Å²) in [5.74, 6) is 1.08. The number of nitrogens with one attached hydrogen (secondary N) is 1. The third-order valence-electron chi connectivity index (χ3n) is 3.48. The lowest BCUT2D eigenvalue weighted by atomic mass is 10.2. The van der Waals surface area contributed by atoms with Crippen molar-refractivity contribution in [2.75, 3.05) is 25.6 Å². The fraction of sp³-hybridized carbons (Fsp3) is 0.375. The highest BCUT2D eigenvalue weighted by Crippen LogP contribution is 2.32. The maximum Gasteiger partial charge on any atom is 0.252 e. The molecule has 1 amide bonds. The number of carbonyl (C=O) groups is 1. The van der Waals surface area contributed by atoms with Gasteiger partial charge >= 0.3 is 0 Å². The van der Waals surface area contributed by atoms with Gasteiger partial charge in [0.2, 0.25) is 0 Å². The number of aromatic nitrogens is 1. The zero-order valence-corrected chi connectivity index (χ0v) is 14.2. The first kappa shape index (κ1) is 16.2. The molecule has 1 saturated carbocycles. The van der Waals surface area contributed by atoms with Crippen LogP contribution in [-0.4, -0.2) is 31.2 Å². The summed E-state index contributed by atoms with van der Waals surface area (Å²) >= 11 is 7.49. The van der Waals surface area contributed by atoms with Crippen LogP contribution < -0.4 is 10.1 Å². The molecule has 7 heteroatoms. The Labute approximate surface area is 143 Å². The molecule has 0 bridgehead atoms. The lowest BCUT2D eigenvalue weighted by Gasteiger charge is -2.04. The first-order chi connectivity index (χ1) is 11.2. The summed E-state index contributed by atoms with van der Waals surface area (Å²) in [6, 6.07) is 5.46. The number of nitrogens with zero attached hydrogens (tertiary/aromatic N) is 1. The zero-order valence-electron chi connectivity index (χ0n) is 12.7. The van der Waals surface area contributed by atoms with Crippen molar-refractivity contribution in [2.24, 2.45) is 5.92 Å². The van der Waals surface area contributed by atoms with Gasteiger partial charge in [-0.25, -0.2) is 4.98 Å². The van der Waals surface area contributed by atoms with Crippen molar-refractivity contribution in [3.63, 3.8) is 0 Å². The topological polar surface area (TPSA) is 60.5 Å². The molecule has 122 valence electrons. The van der Waals surface area contributed by atoms with E-state index in [1.54, 1.807) is 19.2 Å². The summed E-state index contributed by atoms with van der Waals surface area (Å²) in [6.07, 6.45) is 2.42. The molecule has 1 fully saturated rings. The largest absolute Gasteiger partial charge is 0.495 e. The van der Waals surface area contributed by atoms with Crippen molar-refractivity contribution in [3.8, 4) is 17.0 Å².